The van der Waals surface area contributed by atoms with E-state index in [1.165, 1.54) is 17.4 Å². The van der Waals surface area contributed by atoms with Crippen LogP contribution in [0, 0.1) is 6.92 Å². The van der Waals surface area contributed by atoms with Crippen molar-refractivity contribution < 1.29 is 14.4 Å². The molecular formula is C20H30N4O3. The molecule has 1 fully saturated rings. The van der Waals surface area contributed by atoms with E-state index in [1.54, 1.807) is 23.9 Å². The second-order valence-corrected chi connectivity index (χ2v) is 7.31. The first-order valence-corrected chi connectivity index (χ1v) is 9.24. The van der Waals surface area contributed by atoms with Gasteiger partial charge in [-0.15, -0.1) is 0 Å². The van der Waals surface area contributed by atoms with E-state index in [2.05, 4.69) is 6.07 Å². The third-order valence-corrected chi connectivity index (χ3v) is 4.98. The highest BCUT2D eigenvalue weighted by Gasteiger charge is 2.36. The van der Waals surface area contributed by atoms with Crippen LogP contribution in [-0.2, 0) is 14.4 Å². The zero-order valence-corrected chi connectivity index (χ0v) is 16.9. The Bertz CT molecular complexity index is 704. The monoisotopic (exact) mass is 374 g/mol. The van der Waals surface area contributed by atoms with Gasteiger partial charge >= 0.3 is 0 Å². The van der Waals surface area contributed by atoms with E-state index in [-0.39, 0.29) is 24.3 Å². The minimum atomic E-state index is -0.616. The summed E-state index contributed by atoms with van der Waals surface area (Å²) in [5.74, 6) is -0.280. The normalized spacial score (nSPS) is 16.9. The summed E-state index contributed by atoms with van der Waals surface area (Å²) in [5.41, 5.74) is 2.23. The lowest BCUT2D eigenvalue weighted by Crippen LogP contribution is -2.61. The highest BCUT2D eigenvalue weighted by molar-refractivity contribution is 5.89. The molecule has 0 aliphatic carbocycles. The van der Waals surface area contributed by atoms with Crippen molar-refractivity contribution in [3.63, 3.8) is 0 Å². The number of likely N-dealkylation sites (N-methyl/N-ethyl adjacent to an activating group) is 1. The van der Waals surface area contributed by atoms with E-state index in [0.717, 1.165) is 5.69 Å². The van der Waals surface area contributed by atoms with E-state index >= 15 is 0 Å². The number of hydrogen-bond donors (Lipinski definition) is 0. The smallest absolute Gasteiger partial charge is 0.246 e. The van der Waals surface area contributed by atoms with Gasteiger partial charge in [0, 0.05) is 59.8 Å². The molecule has 2 rings (SSSR count). The van der Waals surface area contributed by atoms with Crippen LogP contribution >= 0.6 is 0 Å². The predicted molar refractivity (Wildman–Crippen MR) is 106 cm³/mol. The van der Waals surface area contributed by atoms with Crippen molar-refractivity contribution in [2.24, 2.45) is 0 Å². The number of carbonyl (C=O) groups is 3. The van der Waals surface area contributed by atoms with Crippen LogP contribution in [-0.4, -0.2) is 85.8 Å². The summed E-state index contributed by atoms with van der Waals surface area (Å²) < 4.78 is 0. The summed E-state index contributed by atoms with van der Waals surface area (Å²) in [6.07, 6.45) is 0.321. The minimum absolute atomic E-state index is 0.0575. The largest absolute Gasteiger partial charge is 0.374 e. The Balaban J connectivity index is 2.04. The van der Waals surface area contributed by atoms with Gasteiger partial charge in [0.1, 0.15) is 6.04 Å². The first kappa shape index (κ1) is 20.7. The summed E-state index contributed by atoms with van der Waals surface area (Å²) in [4.78, 5) is 43.9. The van der Waals surface area contributed by atoms with Crippen molar-refractivity contribution in [3.05, 3.63) is 29.8 Å². The van der Waals surface area contributed by atoms with Crippen LogP contribution in [0.5, 0.6) is 0 Å². The molecule has 0 spiro atoms. The van der Waals surface area contributed by atoms with Gasteiger partial charge in [0.25, 0.3) is 0 Å². The first-order chi connectivity index (χ1) is 12.7. The fourth-order valence-corrected chi connectivity index (χ4v) is 3.28. The van der Waals surface area contributed by atoms with Gasteiger partial charge in [0.15, 0.2) is 0 Å². The molecule has 0 bridgehead atoms. The van der Waals surface area contributed by atoms with Crippen LogP contribution in [0.2, 0.25) is 0 Å². The number of amides is 3. The highest BCUT2D eigenvalue weighted by atomic mass is 16.2. The van der Waals surface area contributed by atoms with Gasteiger partial charge in [0.2, 0.25) is 17.7 Å². The molecule has 7 nitrogen and oxygen atoms in total. The summed E-state index contributed by atoms with van der Waals surface area (Å²) in [6, 6.07) is 7.51. The van der Waals surface area contributed by atoms with E-state index in [9.17, 15) is 14.4 Å². The quantitative estimate of drug-likeness (QED) is 0.770. The average Bonchev–Trinajstić information content (AvgIpc) is 2.64. The van der Waals surface area contributed by atoms with Gasteiger partial charge in [-0.1, -0.05) is 12.1 Å². The number of benzene rings is 1. The lowest BCUT2D eigenvalue weighted by atomic mass is 10.1. The molecule has 1 saturated heterocycles. The van der Waals surface area contributed by atoms with Crippen molar-refractivity contribution in [2.45, 2.75) is 26.3 Å². The lowest BCUT2D eigenvalue weighted by Gasteiger charge is -2.41. The lowest BCUT2D eigenvalue weighted by molar-refractivity contribution is -0.151. The molecule has 1 aliphatic rings. The SMILES string of the molecule is CC(=O)N1CCN(C(=O)CCN(C)c2cccc(C)c2)C(C(=O)N(C)C)C1. The summed E-state index contributed by atoms with van der Waals surface area (Å²) in [6.45, 7) is 5.20. The topological polar surface area (TPSA) is 64.2 Å². The fraction of sp³-hybridized carbons (Fsp3) is 0.550. The molecule has 1 heterocycles. The number of hydrogen-bond acceptors (Lipinski definition) is 4. The third kappa shape index (κ3) is 5.21. The molecule has 1 atom stereocenters. The summed E-state index contributed by atoms with van der Waals surface area (Å²) in [7, 11) is 5.30. The number of anilines is 1. The van der Waals surface area contributed by atoms with E-state index in [1.807, 2.05) is 37.1 Å². The number of aryl methyl sites for hydroxylation is 1. The maximum Gasteiger partial charge on any atom is 0.246 e. The van der Waals surface area contributed by atoms with Crippen LogP contribution in [0.3, 0.4) is 0 Å². The van der Waals surface area contributed by atoms with E-state index in [4.69, 9.17) is 0 Å². The molecule has 1 aliphatic heterocycles. The first-order valence-electron chi connectivity index (χ1n) is 9.24. The van der Waals surface area contributed by atoms with Gasteiger partial charge in [-0.05, 0) is 24.6 Å². The van der Waals surface area contributed by atoms with Gasteiger partial charge in [-0.2, -0.15) is 0 Å². The van der Waals surface area contributed by atoms with Gasteiger partial charge < -0.3 is 19.6 Å². The molecule has 27 heavy (non-hydrogen) atoms. The zero-order valence-electron chi connectivity index (χ0n) is 16.9. The Labute approximate surface area is 161 Å². The molecule has 0 N–H and O–H groups in total. The van der Waals surface area contributed by atoms with Crippen molar-refractivity contribution in [2.75, 3.05) is 52.2 Å². The number of carbonyl (C=O) groups excluding carboxylic acids is 3. The molecule has 7 heteroatoms. The van der Waals surface area contributed by atoms with Crippen molar-refractivity contribution in [3.8, 4) is 0 Å². The molecule has 3 amide bonds. The molecule has 0 aromatic heterocycles. The second-order valence-electron chi connectivity index (χ2n) is 7.31. The molecule has 1 aromatic rings. The highest BCUT2D eigenvalue weighted by Crippen LogP contribution is 2.17. The van der Waals surface area contributed by atoms with Crippen LogP contribution in [0.15, 0.2) is 24.3 Å². The molecule has 148 valence electrons. The molecule has 0 radical (unpaired) electrons. The second kappa shape index (κ2) is 8.88. The molecule has 1 aromatic carbocycles. The maximum absolute atomic E-state index is 12.8. The molecule has 1 unspecified atom stereocenters. The summed E-state index contributed by atoms with van der Waals surface area (Å²) in [5, 5.41) is 0. The number of rotatable bonds is 5. The molecule has 0 saturated carbocycles. The van der Waals surface area contributed by atoms with Crippen LogP contribution < -0.4 is 4.90 Å². The predicted octanol–water partition coefficient (Wildman–Crippen LogP) is 0.969. The maximum atomic E-state index is 12.8. The van der Waals surface area contributed by atoms with Gasteiger partial charge in [-0.25, -0.2) is 0 Å². The van der Waals surface area contributed by atoms with Gasteiger partial charge in [0.05, 0.1) is 6.54 Å². The van der Waals surface area contributed by atoms with Crippen molar-refractivity contribution in [1.82, 2.24) is 14.7 Å². The van der Waals surface area contributed by atoms with E-state index < -0.39 is 6.04 Å². The number of piperazine rings is 1. The molecular weight excluding hydrogens is 344 g/mol. The van der Waals surface area contributed by atoms with Gasteiger partial charge in [-0.3, -0.25) is 14.4 Å². The Morgan fingerprint density at radius 3 is 2.44 bits per heavy atom. The van der Waals surface area contributed by atoms with Crippen molar-refractivity contribution >= 4 is 23.4 Å². The zero-order chi connectivity index (χ0) is 20.1. The Morgan fingerprint density at radius 2 is 1.85 bits per heavy atom. The van der Waals surface area contributed by atoms with Crippen LogP contribution in [0.4, 0.5) is 5.69 Å². The van der Waals surface area contributed by atoms with Crippen molar-refractivity contribution in [1.29, 1.82) is 0 Å². The van der Waals surface area contributed by atoms with E-state index in [0.29, 0.717) is 26.1 Å². The van der Waals surface area contributed by atoms with Crippen LogP contribution in [0.25, 0.3) is 0 Å². The third-order valence-electron chi connectivity index (χ3n) is 4.98. The standard InChI is InChI=1S/C20H30N4O3/c1-15-7-6-8-17(13-15)22(5)10-9-19(26)24-12-11-23(16(2)25)14-18(24)20(27)21(3)4/h6-8,13,18H,9-12,14H2,1-5H3. The Kier molecular flexibility index (Phi) is 6.82. The Morgan fingerprint density at radius 1 is 1.15 bits per heavy atom. The average molecular weight is 374 g/mol. The number of nitrogens with zero attached hydrogens (tertiary/aromatic N) is 4. The Hall–Kier alpha value is -2.57. The minimum Gasteiger partial charge on any atom is -0.374 e. The van der Waals surface area contributed by atoms with Crippen LogP contribution in [0.1, 0.15) is 18.9 Å². The summed E-state index contributed by atoms with van der Waals surface area (Å²) >= 11 is 0. The fourth-order valence-electron chi connectivity index (χ4n) is 3.28.